The Bertz CT molecular complexity index is 1350. The van der Waals surface area contributed by atoms with Crippen molar-refractivity contribution in [2.24, 2.45) is 0 Å². The Morgan fingerprint density at radius 2 is 1.78 bits per heavy atom. The summed E-state index contributed by atoms with van der Waals surface area (Å²) in [7, 11) is 1.63. The second kappa shape index (κ2) is 10.4. The Morgan fingerprint density at radius 1 is 1.06 bits per heavy atom. The fraction of sp³-hybridized carbons (Fsp3) is 0.231. The summed E-state index contributed by atoms with van der Waals surface area (Å²) in [5.41, 5.74) is 3.11. The number of amides is 2. The summed E-state index contributed by atoms with van der Waals surface area (Å²) >= 11 is 1.56. The van der Waals surface area contributed by atoms with Crippen LogP contribution in [0, 0.1) is 0 Å². The molecule has 36 heavy (non-hydrogen) atoms. The predicted molar refractivity (Wildman–Crippen MR) is 134 cm³/mol. The van der Waals surface area contributed by atoms with E-state index in [1.54, 1.807) is 23.3 Å². The van der Waals surface area contributed by atoms with Crippen molar-refractivity contribution in [2.75, 3.05) is 12.4 Å². The van der Waals surface area contributed by atoms with E-state index < -0.39 is 6.36 Å². The molecule has 4 aromatic rings. The van der Waals surface area contributed by atoms with Gasteiger partial charge in [-0.1, -0.05) is 18.2 Å². The van der Waals surface area contributed by atoms with Gasteiger partial charge in [-0.05, 0) is 67.9 Å². The lowest BCUT2D eigenvalue weighted by molar-refractivity contribution is -0.274. The van der Waals surface area contributed by atoms with Crippen molar-refractivity contribution in [2.45, 2.75) is 32.8 Å². The molecular weight excluding hydrogens is 491 g/mol. The molecule has 188 valence electrons. The first-order valence-corrected chi connectivity index (χ1v) is 11.9. The lowest BCUT2D eigenvalue weighted by Gasteiger charge is -2.27. The first-order valence-electron chi connectivity index (χ1n) is 11.1. The van der Waals surface area contributed by atoms with Crippen LogP contribution in [-0.2, 0) is 6.54 Å². The van der Waals surface area contributed by atoms with Crippen LogP contribution in [0.2, 0.25) is 0 Å². The highest BCUT2D eigenvalue weighted by atomic mass is 32.1. The van der Waals surface area contributed by atoms with Gasteiger partial charge in [0.25, 0.3) is 0 Å². The number of ether oxygens (including phenoxy) is 2. The number of aromatic nitrogens is 1. The third-order valence-electron chi connectivity index (χ3n) is 5.35. The second-order valence-electron chi connectivity index (χ2n) is 8.28. The zero-order valence-electron chi connectivity index (χ0n) is 19.8. The highest BCUT2D eigenvalue weighted by molar-refractivity contribution is 7.21. The maximum absolute atomic E-state index is 13.0. The molecule has 0 aliphatic carbocycles. The van der Waals surface area contributed by atoms with E-state index in [9.17, 15) is 18.0 Å². The van der Waals surface area contributed by atoms with E-state index in [-0.39, 0.29) is 17.8 Å². The van der Waals surface area contributed by atoms with Crippen LogP contribution in [0.15, 0.2) is 66.7 Å². The molecule has 0 aliphatic rings. The number of halogens is 3. The Morgan fingerprint density at radius 3 is 2.44 bits per heavy atom. The van der Waals surface area contributed by atoms with Gasteiger partial charge in [-0.25, -0.2) is 9.78 Å². The average molecular weight is 516 g/mol. The van der Waals surface area contributed by atoms with Gasteiger partial charge in [0.2, 0.25) is 0 Å². The minimum Gasteiger partial charge on any atom is -0.497 e. The van der Waals surface area contributed by atoms with E-state index in [4.69, 9.17) is 9.72 Å². The lowest BCUT2D eigenvalue weighted by Crippen LogP contribution is -2.39. The summed E-state index contributed by atoms with van der Waals surface area (Å²) in [5, 5.41) is 3.60. The Labute approximate surface area is 210 Å². The van der Waals surface area contributed by atoms with Crippen LogP contribution in [0.1, 0.15) is 19.4 Å². The Kier molecular flexibility index (Phi) is 7.35. The van der Waals surface area contributed by atoms with Crippen molar-refractivity contribution in [3.05, 3.63) is 72.3 Å². The molecule has 0 saturated carbocycles. The number of nitrogens with zero attached hydrogens (tertiary/aromatic N) is 2. The minimum absolute atomic E-state index is 0.128. The van der Waals surface area contributed by atoms with E-state index in [2.05, 4.69) is 10.1 Å². The zero-order valence-corrected chi connectivity index (χ0v) is 20.6. The number of benzene rings is 3. The molecule has 1 aromatic heterocycles. The molecule has 2 amide bonds. The van der Waals surface area contributed by atoms with Gasteiger partial charge < -0.3 is 19.7 Å². The number of methoxy groups -OCH3 is 1. The van der Waals surface area contributed by atoms with Gasteiger partial charge in [0, 0.05) is 23.8 Å². The van der Waals surface area contributed by atoms with Crippen molar-refractivity contribution in [3.63, 3.8) is 0 Å². The van der Waals surface area contributed by atoms with Crippen LogP contribution >= 0.6 is 11.3 Å². The quantitative estimate of drug-likeness (QED) is 0.280. The molecule has 3 aromatic carbocycles. The predicted octanol–water partition coefficient (Wildman–Crippen LogP) is 7.31. The van der Waals surface area contributed by atoms with Crippen molar-refractivity contribution in [1.29, 1.82) is 0 Å². The highest BCUT2D eigenvalue weighted by Gasteiger charge is 2.31. The Hall–Kier alpha value is -3.79. The van der Waals surface area contributed by atoms with E-state index in [1.165, 1.54) is 12.1 Å². The monoisotopic (exact) mass is 515 g/mol. The van der Waals surface area contributed by atoms with Gasteiger partial charge in [0.05, 0.1) is 17.3 Å². The number of nitrogens with one attached hydrogen (secondary N) is 1. The third kappa shape index (κ3) is 6.25. The second-order valence-corrected chi connectivity index (χ2v) is 9.31. The van der Waals surface area contributed by atoms with Crippen LogP contribution in [0.3, 0.4) is 0 Å². The van der Waals surface area contributed by atoms with Gasteiger partial charge in [-0.2, -0.15) is 0 Å². The molecule has 10 heteroatoms. The van der Waals surface area contributed by atoms with Crippen LogP contribution in [0.25, 0.3) is 20.8 Å². The maximum Gasteiger partial charge on any atom is 0.573 e. The van der Waals surface area contributed by atoms with E-state index >= 15 is 0 Å². The maximum atomic E-state index is 13.0. The molecule has 0 fully saturated rings. The van der Waals surface area contributed by atoms with Crippen molar-refractivity contribution >= 4 is 33.3 Å². The summed E-state index contributed by atoms with van der Waals surface area (Å²) < 4.78 is 47.3. The van der Waals surface area contributed by atoms with E-state index in [0.717, 1.165) is 44.2 Å². The van der Waals surface area contributed by atoms with Crippen LogP contribution < -0.4 is 14.8 Å². The van der Waals surface area contributed by atoms with E-state index in [1.807, 2.05) is 56.3 Å². The molecule has 1 N–H and O–H groups in total. The van der Waals surface area contributed by atoms with Gasteiger partial charge in [0.1, 0.15) is 16.5 Å². The summed E-state index contributed by atoms with van der Waals surface area (Å²) in [6.45, 7) is 4.13. The number of carbonyl (C=O) groups excluding carboxylic acids is 1. The molecule has 0 bridgehead atoms. The number of hydrogen-bond acceptors (Lipinski definition) is 5. The SMILES string of the molecule is COc1ccc2nc(-c3cccc(CN(C(=O)Nc4ccc(OC(F)(F)F)cc4)C(C)C)c3)sc2c1. The number of anilines is 1. The molecule has 0 atom stereocenters. The first kappa shape index (κ1) is 25.3. The zero-order chi connectivity index (χ0) is 25.9. The van der Waals surface area contributed by atoms with Crippen molar-refractivity contribution < 1.29 is 27.4 Å². The largest absolute Gasteiger partial charge is 0.573 e. The van der Waals surface area contributed by atoms with Gasteiger partial charge in [-0.15, -0.1) is 24.5 Å². The number of thiazole rings is 1. The molecule has 0 aliphatic heterocycles. The highest BCUT2D eigenvalue weighted by Crippen LogP contribution is 2.33. The fourth-order valence-electron chi connectivity index (χ4n) is 3.58. The number of urea groups is 1. The Balaban J connectivity index is 1.48. The summed E-state index contributed by atoms with van der Waals surface area (Å²) in [4.78, 5) is 19.4. The number of fused-ring (bicyclic) bond motifs is 1. The van der Waals surface area contributed by atoms with Gasteiger partial charge in [-0.3, -0.25) is 0 Å². The lowest BCUT2D eigenvalue weighted by atomic mass is 10.1. The smallest absolute Gasteiger partial charge is 0.497 e. The molecule has 1 heterocycles. The number of alkyl halides is 3. The number of hydrogen-bond donors (Lipinski definition) is 1. The summed E-state index contributed by atoms with van der Waals surface area (Å²) in [6.07, 6.45) is -4.77. The topological polar surface area (TPSA) is 63.7 Å². The van der Waals surface area contributed by atoms with Crippen LogP contribution in [-0.4, -0.2) is 35.4 Å². The molecule has 4 rings (SSSR count). The standard InChI is InChI=1S/C26H24F3N3O3S/c1-16(2)32(25(33)30-19-7-9-20(10-8-19)35-26(27,28)29)15-17-5-4-6-18(13-17)24-31-22-12-11-21(34-3)14-23(22)36-24/h4-14,16H,15H2,1-3H3,(H,30,33). The molecule has 0 radical (unpaired) electrons. The molecular formula is C26H24F3N3O3S. The number of carbonyl (C=O) groups is 1. The normalized spacial score (nSPS) is 11.5. The van der Waals surface area contributed by atoms with E-state index in [0.29, 0.717) is 12.2 Å². The molecule has 0 spiro atoms. The first-order chi connectivity index (χ1) is 17.1. The summed E-state index contributed by atoms with van der Waals surface area (Å²) in [6, 6.07) is 18.1. The molecule has 0 unspecified atom stereocenters. The van der Waals surface area contributed by atoms with Crippen molar-refractivity contribution in [3.8, 4) is 22.1 Å². The van der Waals surface area contributed by atoms with Gasteiger partial charge in [0.15, 0.2) is 0 Å². The van der Waals surface area contributed by atoms with Crippen molar-refractivity contribution in [1.82, 2.24) is 9.88 Å². The fourth-order valence-corrected chi connectivity index (χ4v) is 4.57. The minimum atomic E-state index is -4.77. The molecule has 0 saturated heterocycles. The number of rotatable bonds is 7. The van der Waals surface area contributed by atoms with Crippen LogP contribution in [0.5, 0.6) is 11.5 Å². The molecule has 6 nitrogen and oxygen atoms in total. The average Bonchev–Trinajstić information content (AvgIpc) is 3.26. The summed E-state index contributed by atoms with van der Waals surface area (Å²) in [5.74, 6) is 0.416. The van der Waals surface area contributed by atoms with Crippen LogP contribution in [0.4, 0.5) is 23.7 Å². The third-order valence-corrected chi connectivity index (χ3v) is 6.41. The van der Waals surface area contributed by atoms with Gasteiger partial charge >= 0.3 is 12.4 Å².